The van der Waals surface area contributed by atoms with Crippen LogP contribution in [0.25, 0.3) is 0 Å². The molecule has 0 fully saturated rings. The van der Waals surface area contributed by atoms with E-state index < -0.39 is 53.1 Å². The highest BCUT2D eigenvalue weighted by Gasteiger charge is 2.68. The molecular formula is C15H10F10O. The summed E-state index contributed by atoms with van der Waals surface area (Å²) in [6.07, 6.45) is -5.87. The highest BCUT2D eigenvalue weighted by atomic mass is 19.3. The minimum Gasteiger partial charge on any atom is -0.427 e. The van der Waals surface area contributed by atoms with Gasteiger partial charge in [-0.3, -0.25) is 0 Å². The van der Waals surface area contributed by atoms with Crippen molar-refractivity contribution in [2.75, 3.05) is 0 Å². The molecule has 0 N–H and O–H groups in total. The zero-order valence-corrected chi connectivity index (χ0v) is 12.8. The molecule has 0 unspecified atom stereocenters. The Morgan fingerprint density at radius 2 is 1.42 bits per heavy atom. The lowest BCUT2D eigenvalue weighted by Gasteiger charge is -2.36. The minimum absolute atomic E-state index is 0.0691. The van der Waals surface area contributed by atoms with Gasteiger partial charge >= 0.3 is 29.8 Å². The van der Waals surface area contributed by atoms with Crippen LogP contribution in [0.3, 0.4) is 0 Å². The summed E-state index contributed by atoms with van der Waals surface area (Å²) in [6.45, 7) is 1.10. The lowest BCUT2D eigenvalue weighted by atomic mass is 9.93. The summed E-state index contributed by atoms with van der Waals surface area (Å²) >= 11 is 0. The van der Waals surface area contributed by atoms with Crippen molar-refractivity contribution in [1.29, 1.82) is 0 Å². The molecule has 0 aliphatic heterocycles. The first-order valence-corrected chi connectivity index (χ1v) is 7.01. The fraction of sp³-hybridized carbons (Fsp3) is 0.467. The molecule has 11 heteroatoms. The molecule has 0 aromatic carbocycles. The number of hydrogen-bond donors (Lipinski definition) is 0. The highest BCUT2D eigenvalue weighted by Crippen LogP contribution is 2.53. The van der Waals surface area contributed by atoms with Gasteiger partial charge in [0.25, 0.3) is 0 Å². The zero-order chi connectivity index (χ0) is 20.2. The van der Waals surface area contributed by atoms with Gasteiger partial charge in [-0.15, -0.1) is 0 Å². The summed E-state index contributed by atoms with van der Waals surface area (Å²) < 4.78 is 140. The van der Waals surface area contributed by atoms with E-state index in [-0.39, 0.29) is 24.3 Å². The summed E-state index contributed by atoms with van der Waals surface area (Å²) in [7, 11) is 0. The van der Waals surface area contributed by atoms with Gasteiger partial charge in [-0.25, -0.2) is 0 Å². The predicted molar refractivity (Wildman–Crippen MR) is 69.5 cm³/mol. The van der Waals surface area contributed by atoms with Crippen molar-refractivity contribution in [2.24, 2.45) is 0 Å². The van der Waals surface area contributed by atoms with Crippen LogP contribution in [0, 0.1) is 0 Å². The van der Waals surface area contributed by atoms with Gasteiger partial charge in [-0.2, -0.15) is 43.9 Å². The van der Waals surface area contributed by atoms with Gasteiger partial charge in [0, 0.05) is 5.57 Å². The van der Waals surface area contributed by atoms with Crippen LogP contribution in [0.4, 0.5) is 43.9 Å². The molecule has 2 aliphatic rings. The molecule has 26 heavy (non-hydrogen) atoms. The maximum absolute atomic E-state index is 13.9. The lowest BCUT2D eigenvalue weighted by molar-refractivity contribution is -0.265. The van der Waals surface area contributed by atoms with Crippen LogP contribution in [-0.4, -0.2) is 29.8 Å². The maximum atomic E-state index is 13.9. The third-order valence-electron chi connectivity index (χ3n) is 3.80. The Morgan fingerprint density at radius 3 is 1.96 bits per heavy atom. The van der Waals surface area contributed by atoms with Crippen molar-refractivity contribution in [1.82, 2.24) is 0 Å². The Bertz CT molecular complexity index is 712. The van der Waals surface area contributed by atoms with Crippen LogP contribution in [0.15, 0.2) is 47.3 Å². The molecule has 0 amide bonds. The largest absolute Gasteiger partial charge is 0.428 e. The molecular weight excluding hydrogens is 386 g/mol. The zero-order valence-electron chi connectivity index (χ0n) is 12.8. The Morgan fingerprint density at radius 1 is 0.846 bits per heavy atom. The number of allylic oxidation sites excluding steroid dienone is 7. The summed E-state index contributed by atoms with van der Waals surface area (Å²) in [4.78, 5) is 0. The second-order valence-corrected chi connectivity index (χ2v) is 5.48. The lowest BCUT2D eigenvalue weighted by Crippen LogP contribution is -2.51. The van der Waals surface area contributed by atoms with Crippen LogP contribution in [0.5, 0.6) is 0 Å². The van der Waals surface area contributed by atoms with Gasteiger partial charge < -0.3 is 4.74 Å². The van der Waals surface area contributed by atoms with Crippen LogP contribution < -0.4 is 0 Å². The third kappa shape index (κ3) is 2.81. The monoisotopic (exact) mass is 396 g/mol. The van der Waals surface area contributed by atoms with Crippen molar-refractivity contribution in [3.63, 3.8) is 0 Å². The van der Waals surface area contributed by atoms with Crippen molar-refractivity contribution in [2.45, 2.75) is 43.1 Å². The molecule has 146 valence electrons. The Kier molecular flexibility index (Phi) is 4.53. The average Bonchev–Trinajstić information content (AvgIpc) is 2.47. The predicted octanol–water partition coefficient (Wildman–Crippen LogP) is 5.87. The van der Waals surface area contributed by atoms with E-state index in [1.165, 1.54) is 0 Å². The second kappa shape index (κ2) is 5.78. The van der Waals surface area contributed by atoms with E-state index in [0.717, 1.165) is 6.92 Å². The van der Waals surface area contributed by atoms with Crippen LogP contribution in [0.2, 0.25) is 0 Å². The molecule has 0 saturated carbocycles. The molecule has 0 radical (unpaired) electrons. The fourth-order valence-electron chi connectivity index (χ4n) is 2.31. The third-order valence-corrected chi connectivity index (χ3v) is 3.80. The van der Waals surface area contributed by atoms with E-state index in [0.29, 0.717) is 6.08 Å². The molecule has 0 heterocycles. The Balaban J connectivity index is 2.44. The van der Waals surface area contributed by atoms with Crippen molar-refractivity contribution >= 4 is 0 Å². The number of rotatable bonds is 4. The molecule has 0 saturated heterocycles. The topological polar surface area (TPSA) is 9.23 Å². The molecule has 0 bridgehead atoms. The van der Waals surface area contributed by atoms with E-state index in [2.05, 4.69) is 4.74 Å². The standard InChI is InChI=1S/C15H10F10O/c1-2-8-5-6-10(14(22,23)12(8,18)19)26-15(24,25)9-4-3-7-11(16,17)13(9,20)21/h3-7H,2H2,1H3. The molecule has 0 atom stereocenters. The van der Waals surface area contributed by atoms with Crippen LogP contribution in [-0.2, 0) is 4.74 Å². The van der Waals surface area contributed by atoms with Crippen molar-refractivity contribution in [3.8, 4) is 0 Å². The quantitative estimate of drug-likeness (QED) is 0.541. The molecule has 0 aromatic heterocycles. The number of halogens is 10. The summed E-state index contributed by atoms with van der Waals surface area (Å²) in [5.74, 6) is -23.1. The van der Waals surface area contributed by atoms with E-state index in [4.69, 9.17) is 0 Å². The summed E-state index contributed by atoms with van der Waals surface area (Å²) in [6, 6.07) is 0. The van der Waals surface area contributed by atoms with Gasteiger partial charge in [-0.1, -0.05) is 19.1 Å². The van der Waals surface area contributed by atoms with E-state index in [9.17, 15) is 43.9 Å². The molecule has 0 aromatic rings. The van der Waals surface area contributed by atoms with Gasteiger partial charge in [0.15, 0.2) is 5.76 Å². The maximum Gasteiger partial charge on any atom is 0.428 e. The SMILES string of the molecule is CCC1=CC=C(OC(F)(F)C2=CC=CC(F)(F)C2(F)F)C(F)(F)C1(F)F. The summed E-state index contributed by atoms with van der Waals surface area (Å²) in [5.41, 5.74) is -3.74. The molecule has 2 aliphatic carbocycles. The Hall–Kier alpha value is -1.94. The first kappa shape index (κ1) is 20.4. The van der Waals surface area contributed by atoms with E-state index in [1.54, 1.807) is 0 Å². The van der Waals surface area contributed by atoms with Crippen molar-refractivity contribution in [3.05, 3.63) is 47.3 Å². The van der Waals surface area contributed by atoms with E-state index in [1.807, 2.05) is 0 Å². The van der Waals surface area contributed by atoms with Gasteiger partial charge in [0.1, 0.15) is 5.57 Å². The van der Waals surface area contributed by atoms with E-state index >= 15 is 0 Å². The fourth-order valence-corrected chi connectivity index (χ4v) is 2.31. The summed E-state index contributed by atoms with van der Waals surface area (Å²) in [5, 5.41) is 0. The minimum atomic E-state index is -5.48. The normalized spacial score (nSPS) is 25.9. The average molecular weight is 396 g/mol. The molecule has 1 nitrogen and oxygen atoms in total. The first-order chi connectivity index (χ1) is 11.6. The number of hydrogen-bond acceptors (Lipinski definition) is 1. The first-order valence-electron chi connectivity index (χ1n) is 7.01. The van der Waals surface area contributed by atoms with Crippen molar-refractivity contribution < 1.29 is 48.6 Å². The van der Waals surface area contributed by atoms with Gasteiger partial charge in [0.05, 0.1) is 0 Å². The molecule has 0 spiro atoms. The smallest absolute Gasteiger partial charge is 0.427 e. The van der Waals surface area contributed by atoms with Gasteiger partial charge in [-0.05, 0) is 24.6 Å². The highest BCUT2D eigenvalue weighted by molar-refractivity contribution is 5.38. The number of alkyl halides is 10. The second-order valence-electron chi connectivity index (χ2n) is 5.48. The van der Waals surface area contributed by atoms with Crippen LogP contribution >= 0.6 is 0 Å². The Labute approximate surface area is 140 Å². The number of ether oxygens (including phenoxy) is 1. The van der Waals surface area contributed by atoms with Crippen LogP contribution in [0.1, 0.15) is 13.3 Å². The molecule has 2 rings (SSSR count). The van der Waals surface area contributed by atoms with Gasteiger partial charge in [0.2, 0.25) is 0 Å².